The summed E-state index contributed by atoms with van der Waals surface area (Å²) in [4.78, 5) is 22.4. The normalized spacial score (nSPS) is 15.1. The Morgan fingerprint density at radius 3 is 2.52 bits per heavy atom. The van der Waals surface area contributed by atoms with Crippen molar-refractivity contribution in [3.63, 3.8) is 0 Å². The van der Waals surface area contributed by atoms with Gasteiger partial charge in [0.05, 0.1) is 0 Å². The third kappa shape index (κ3) is 8.73. The molecule has 3 heteroatoms. The van der Waals surface area contributed by atoms with Gasteiger partial charge in [-0.1, -0.05) is 51.2 Å². The lowest BCUT2D eigenvalue weighted by atomic mass is 10.0. The number of allylic oxidation sites excluding steroid dienone is 4. The molecule has 0 heterocycles. The number of carbonyl (C=O) groups is 2. The zero-order valence-electron chi connectivity index (χ0n) is 14.6. The number of carboxylic acids is 1. The summed E-state index contributed by atoms with van der Waals surface area (Å²) in [6, 6.07) is 0. The van der Waals surface area contributed by atoms with Gasteiger partial charge < -0.3 is 5.11 Å². The van der Waals surface area contributed by atoms with Crippen LogP contribution in [0.3, 0.4) is 0 Å². The molecule has 23 heavy (non-hydrogen) atoms. The molecule has 0 fully saturated rings. The molecule has 0 saturated carbocycles. The Hall–Kier alpha value is -1.38. The maximum atomic E-state index is 12.0. The summed E-state index contributed by atoms with van der Waals surface area (Å²) >= 11 is 0. The van der Waals surface area contributed by atoms with Gasteiger partial charge in [-0.05, 0) is 49.7 Å². The Kier molecular flexibility index (Phi) is 10.3. The average Bonchev–Trinajstić information content (AvgIpc) is 2.86. The lowest BCUT2D eigenvalue weighted by Gasteiger charge is -2.03. The van der Waals surface area contributed by atoms with Gasteiger partial charge in [0.15, 0.2) is 5.78 Å². The van der Waals surface area contributed by atoms with Crippen LogP contribution in [0.1, 0.15) is 90.4 Å². The highest BCUT2D eigenvalue weighted by Crippen LogP contribution is 2.28. The predicted molar refractivity (Wildman–Crippen MR) is 94.5 cm³/mol. The molecule has 1 aliphatic carbocycles. The van der Waals surface area contributed by atoms with Gasteiger partial charge in [0.2, 0.25) is 0 Å². The van der Waals surface area contributed by atoms with E-state index in [0.29, 0.717) is 12.2 Å². The van der Waals surface area contributed by atoms with Crippen LogP contribution >= 0.6 is 0 Å². The first kappa shape index (κ1) is 19.7. The fourth-order valence-electron chi connectivity index (χ4n) is 3.06. The van der Waals surface area contributed by atoms with Gasteiger partial charge >= 0.3 is 5.97 Å². The fourth-order valence-corrected chi connectivity index (χ4v) is 3.06. The van der Waals surface area contributed by atoms with Crippen molar-refractivity contribution in [2.45, 2.75) is 90.4 Å². The van der Waals surface area contributed by atoms with Gasteiger partial charge in [0.1, 0.15) is 0 Å². The molecule has 0 aromatic rings. The minimum Gasteiger partial charge on any atom is -0.481 e. The van der Waals surface area contributed by atoms with E-state index >= 15 is 0 Å². The van der Waals surface area contributed by atoms with Gasteiger partial charge in [-0.15, -0.1) is 0 Å². The standard InChI is InChI=1S/C20H32O3/c1-2-3-4-5-6-9-12-17-15-16-19(21)18(17)13-10-7-8-11-14-20(22)23/h9,12H,2-8,10-11,13-16H2,1H3,(H,22,23)/b12-9+. The average molecular weight is 320 g/mol. The molecule has 3 nitrogen and oxygen atoms in total. The second-order valence-electron chi connectivity index (χ2n) is 6.49. The molecule has 0 radical (unpaired) electrons. The quantitative estimate of drug-likeness (QED) is 0.449. The smallest absolute Gasteiger partial charge is 0.303 e. The molecular formula is C20H32O3. The Bertz CT molecular complexity index is 432. The van der Waals surface area contributed by atoms with E-state index < -0.39 is 5.97 Å². The number of unbranched alkanes of at least 4 members (excludes halogenated alkanes) is 7. The highest BCUT2D eigenvalue weighted by Gasteiger charge is 2.20. The van der Waals surface area contributed by atoms with Crippen molar-refractivity contribution in [3.8, 4) is 0 Å². The molecule has 1 rings (SSSR count). The van der Waals surface area contributed by atoms with E-state index in [2.05, 4.69) is 19.1 Å². The molecular weight excluding hydrogens is 288 g/mol. The summed E-state index contributed by atoms with van der Waals surface area (Å²) in [5, 5.41) is 8.60. The number of rotatable bonds is 13. The summed E-state index contributed by atoms with van der Waals surface area (Å²) in [7, 11) is 0. The summed E-state index contributed by atoms with van der Waals surface area (Å²) in [5.41, 5.74) is 2.28. The molecule has 1 N–H and O–H groups in total. The number of ketones is 1. The monoisotopic (exact) mass is 320 g/mol. The fraction of sp³-hybridized carbons (Fsp3) is 0.700. The van der Waals surface area contributed by atoms with Gasteiger partial charge in [0, 0.05) is 12.8 Å². The first-order valence-electron chi connectivity index (χ1n) is 9.28. The molecule has 130 valence electrons. The van der Waals surface area contributed by atoms with Crippen molar-refractivity contribution in [1.82, 2.24) is 0 Å². The van der Waals surface area contributed by atoms with Crippen molar-refractivity contribution >= 4 is 11.8 Å². The largest absolute Gasteiger partial charge is 0.481 e. The molecule has 0 atom stereocenters. The third-order valence-electron chi connectivity index (χ3n) is 4.46. The number of aliphatic carboxylic acids is 1. The number of hydrogen-bond donors (Lipinski definition) is 1. The Morgan fingerprint density at radius 2 is 1.78 bits per heavy atom. The van der Waals surface area contributed by atoms with Crippen LogP contribution in [-0.4, -0.2) is 16.9 Å². The summed E-state index contributed by atoms with van der Waals surface area (Å²) in [6.45, 7) is 2.22. The second kappa shape index (κ2) is 12.1. The first-order valence-corrected chi connectivity index (χ1v) is 9.28. The van der Waals surface area contributed by atoms with Crippen molar-refractivity contribution < 1.29 is 14.7 Å². The van der Waals surface area contributed by atoms with Crippen LogP contribution in [0.2, 0.25) is 0 Å². The molecule has 0 amide bonds. The van der Waals surface area contributed by atoms with E-state index in [1.807, 2.05) is 0 Å². The topological polar surface area (TPSA) is 54.4 Å². The molecule has 0 spiro atoms. The Labute approximate surface area is 140 Å². The van der Waals surface area contributed by atoms with E-state index in [9.17, 15) is 9.59 Å². The number of carbonyl (C=O) groups excluding carboxylic acids is 1. The molecule has 1 aliphatic rings. The Morgan fingerprint density at radius 1 is 1.04 bits per heavy atom. The van der Waals surface area contributed by atoms with Crippen molar-refractivity contribution in [1.29, 1.82) is 0 Å². The summed E-state index contributed by atoms with van der Waals surface area (Å²) in [6.07, 6.45) is 17.0. The molecule has 0 aromatic carbocycles. The zero-order chi connectivity index (χ0) is 16.9. The summed E-state index contributed by atoms with van der Waals surface area (Å²) in [5.74, 6) is -0.397. The van der Waals surface area contributed by atoms with Crippen LogP contribution < -0.4 is 0 Å². The van der Waals surface area contributed by atoms with Crippen LogP contribution in [0.5, 0.6) is 0 Å². The van der Waals surface area contributed by atoms with Crippen molar-refractivity contribution in [2.24, 2.45) is 0 Å². The van der Waals surface area contributed by atoms with Gasteiger partial charge in [-0.3, -0.25) is 9.59 Å². The number of carboxylic acid groups (broad SMARTS) is 1. The Balaban J connectivity index is 2.29. The highest BCUT2D eigenvalue weighted by molar-refractivity contribution is 5.99. The second-order valence-corrected chi connectivity index (χ2v) is 6.49. The van der Waals surface area contributed by atoms with Crippen LogP contribution in [0.25, 0.3) is 0 Å². The lowest BCUT2D eigenvalue weighted by molar-refractivity contribution is -0.137. The van der Waals surface area contributed by atoms with E-state index in [0.717, 1.165) is 50.5 Å². The van der Waals surface area contributed by atoms with E-state index in [-0.39, 0.29) is 6.42 Å². The molecule has 0 aromatic heterocycles. The minimum atomic E-state index is -0.718. The first-order chi connectivity index (χ1) is 11.1. The zero-order valence-corrected chi connectivity index (χ0v) is 14.6. The summed E-state index contributed by atoms with van der Waals surface area (Å²) < 4.78 is 0. The van der Waals surface area contributed by atoms with Gasteiger partial charge in [-0.2, -0.15) is 0 Å². The van der Waals surface area contributed by atoms with Crippen LogP contribution in [0.15, 0.2) is 23.3 Å². The maximum Gasteiger partial charge on any atom is 0.303 e. The number of Topliss-reactive ketones (excluding diaryl/α,β-unsaturated/α-hetero) is 1. The lowest BCUT2D eigenvalue weighted by Crippen LogP contribution is -1.97. The number of hydrogen-bond acceptors (Lipinski definition) is 2. The van der Waals surface area contributed by atoms with E-state index in [1.165, 1.54) is 31.3 Å². The van der Waals surface area contributed by atoms with Crippen molar-refractivity contribution in [2.75, 3.05) is 0 Å². The van der Waals surface area contributed by atoms with Crippen LogP contribution in [-0.2, 0) is 9.59 Å². The van der Waals surface area contributed by atoms with E-state index in [4.69, 9.17) is 5.11 Å². The third-order valence-corrected chi connectivity index (χ3v) is 4.46. The maximum absolute atomic E-state index is 12.0. The molecule has 0 bridgehead atoms. The highest BCUT2D eigenvalue weighted by atomic mass is 16.4. The van der Waals surface area contributed by atoms with Crippen LogP contribution in [0, 0.1) is 0 Å². The molecule has 0 aliphatic heterocycles. The SMILES string of the molecule is CCCCCC/C=C/C1=C(CCCCCCC(=O)O)C(=O)CC1. The van der Waals surface area contributed by atoms with Gasteiger partial charge in [-0.25, -0.2) is 0 Å². The van der Waals surface area contributed by atoms with Crippen LogP contribution in [0.4, 0.5) is 0 Å². The molecule has 0 unspecified atom stereocenters. The molecule has 0 saturated heterocycles. The van der Waals surface area contributed by atoms with E-state index in [1.54, 1.807) is 0 Å². The van der Waals surface area contributed by atoms with Gasteiger partial charge in [0.25, 0.3) is 0 Å². The minimum absolute atomic E-state index is 0.258. The predicted octanol–water partition coefficient (Wildman–Crippen LogP) is 5.60. The van der Waals surface area contributed by atoms with Crippen molar-refractivity contribution in [3.05, 3.63) is 23.3 Å².